The molecule has 2 aromatic heterocycles. The average molecular weight is 395 g/mol. The Morgan fingerprint density at radius 2 is 1.96 bits per heavy atom. The molecule has 1 atom stereocenters. The first-order valence-electron chi connectivity index (χ1n) is 8.20. The lowest BCUT2D eigenvalue weighted by Crippen LogP contribution is -2.34. The Hall–Kier alpha value is -3.37. The number of alkyl halides is 3. The summed E-state index contributed by atoms with van der Waals surface area (Å²) in [5.41, 5.74) is 1.17. The normalized spacial score (nSPS) is 12.8. The minimum atomic E-state index is -4.77. The fourth-order valence-electron chi connectivity index (χ4n) is 2.57. The van der Waals surface area contributed by atoms with Crippen molar-refractivity contribution in [3.05, 3.63) is 58.1 Å². The topological polar surface area (TPSA) is 90.5 Å². The molecule has 0 bridgehead atoms. The van der Waals surface area contributed by atoms with E-state index < -0.39 is 24.0 Å². The van der Waals surface area contributed by atoms with Gasteiger partial charge in [0.05, 0.1) is 12.2 Å². The number of aromatic nitrogens is 4. The van der Waals surface area contributed by atoms with Crippen LogP contribution in [0, 0.1) is 6.92 Å². The molecule has 11 heteroatoms. The molecule has 28 heavy (non-hydrogen) atoms. The first-order valence-corrected chi connectivity index (χ1v) is 8.20. The van der Waals surface area contributed by atoms with Crippen LogP contribution < -0.4 is 15.7 Å². The Morgan fingerprint density at radius 3 is 2.61 bits per heavy atom. The quantitative estimate of drug-likeness (QED) is 0.714. The molecule has 0 saturated heterocycles. The van der Waals surface area contributed by atoms with Gasteiger partial charge in [-0.25, -0.2) is 9.48 Å². The van der Waals surface area contributed by atoms with Gasteiger partial charge in [0.2, 0.25) is 5.91 Å². The molecule has 1 N–H and O–H groups in total. The summed E-state index contributed by atoms with van der Waals surface area (Å²) in [6, 6.07) is 6.31. The summed E-state index contributed by atoms with van der Waals surface area (Å²) in [5.74, 6) is -0.834. The number of amides is 1. The van der Waals surface area contributed by atoms with Crippen molar-refractivity contribution in [3.8, 4) is 5.75 Å². The highest BCUT2D eigenvalue weighted by atomic mass is 19.4. The number of nitrogens with one attached hydrogen (secondary N) is 1. The predicted octanol–water partition coefficient (Wildman–Crippen LogP) is 1.98. The molecule has 1 aromatic carbocycles. The van der Waals surface area contributed by atoms with E-state index in [0.29, 0.717) is 11.2 Å². The number of benzene rings is 1. The second-order valence-electron chi connectivity index (χ2n) is 6.15. The van der Waals surface area contributed by atoms with Crippen LogP contribution >= 0.6 is 0 Å². The van der Waals surface area contributed by atoms with Crippen LogP contribution in [0.3, 0.4) is 0 Å². The van der Waals surface area contributed by atoms with E-state index in [1.165, 1.54) is 18.3 Å². The Bertz CT molecular complexity index is 1060. The van der Waals surface area contributed by atoms with E-state index in [-0.39, 0.29) is 12.3 Å². The number of rotatable bonds is 5. The van der Waals surface area contributed by atoms with Crippen molar-refractivity contribution in [1.29, 1.82) is 0 Å². The van der Waals surface area contributed by atoms with Gasteiger partial charge in [-0.05, 0) is 43.2 Å². The number of ether oxygens (including phenoxy) is 1. The zero-order valence-corrected chi connectivity index (χ0v) is 14.9. The largest absolute Gasteiger partial charge is 0.573 e. The maximum atomic E-state index is 12.2. The molecule has 0 unspecified atom stereocenters. The van der Waals surface area contributed by atoms with Gasteiger partial charge in [0.25, 0.3) is 0 Å². The minimum Gasteiger partial charge on any atom is -0.406 e. The van der Waals surface area contributed by atoms with Crippen molar-refractivity contribution in [3.63, 3.8) is 0 Å². The van der Waals surface area contributed by atoms with Crippen LogP contribution in [0.25, 0.3) is 5.65 Å². The van der Waals surface area contributed by atoms with Crippen molar-refractivity contribution >= 4 is 11.6 Å². The maximum absolute atomic E-state index is 12.2. The molecule has 0 aliphatic carbocycles. The molecule has 2 heterocycles. The summed E-state index contributed by atoms with van der Waals surface area (Å²) in [6.07, 6.45) is -3.26. The number of hydrogen-bond acceptors (Lipinski definition) is 5. The molecule has 0 fully saturated rings. The molecule has 0 saturated carbocycles. The van der Waals surface area contributed by atoms with Gasteiger partial charge in [-0.1, -0.05) is 12.1 Å². The predicted molar refractivity (Wildman–Crippen MR) is 91.7 cm³/mol. The number of aryl methyl sites for hydroxylation is 1. The van der Waals surface area contributed by atoms with E-state index in [9.17, 15) is 22.8 Å². The van der Waals surface area contributed by atoms with Gasteiger partial charge in [-0.2, -0.15) is 9.61 Å². The smallest absolute Gasteiger partial charge is 0.406 e. The molecule has 148 valence electrons. The standard InChI is InChI=1S/C17H16F3N5O3/c1-10-7-14-23-24(16(27)25(14)21-8-10)9-15(26)22-11(2)12-3-5-13(6-4-12)28-17(18,19)20/h3-8,11H,9H2,1-2H3,(H,22,26)/t11-/m0/s1. The van der Waals surface area contributed by atoms with Gasteiger partial charge in [0.15, 0.2) is 5.65 Å². The fourth-order valence-corrected chi connectivity index (χ4v) is 2.57. The van der Waals surface area contributed by atoms with Gasteiger partial charge < -0.3 is 10.1 Å². The van der Waals surface area contributed by atoms with Crippen molar-refractivity contribution in [2.75, 3.05) is 0 Å². The molecule has 3 aromatic rings. The van der Waals surface area contributed by atoms with Crippen LogP contribution in [-0.2, 0) is 11.3 Å². The lowest BCUT2D eigenvalue weighted by atomic mass is 10.1. The second kappa shape index (κ2) is 7.33. The lowest BCUT2D eigenvalue weighted by Gasteiger charge is -2.15. The zero-order chi connectivity index (χ0) is 20.5. The van der Waals surface area contributed by atoms with Crippen LogP contribution in [0.4, 0.5) is 13.2 Å². The maximum Gasteiger partial charge on any atom is 0.573 e. The summed E-state index contributed by atoms with van der Waals surface area (Å²) in [7, 11) is 0. The number of hydrogen-bond donors (Lipinski definition) is 1. The summed E-state index contributed by atoms with van der Waals surface area (Å²) in [5, 5.41) is 10.7. The fraction of sp³-hybridized carbons (Fsp3) is 0.294. The van der Waals surface area contributed by atoms with E-state index in [1.807, 2.05) is 0 Å². The van der Waals surface area contributed by atoms with E-state index in [1.54, 1.807) is 19.9 Å². The van der Waals surface area contributed by atoms with Gasteiger partial charge >= 0.3 is 12.1 Å². The number of halogens is 3. The van der Waals surface area contributed by atoms with Gasteiger partial charge in [0.1, 0.15) is 12.3 Å². The molecule has 0 aliphatic heterocycles. The van der Waals surface area contributed by atoms with Crippen molar-refractivity contribution < 1.29 is 22.7 Å². The lowest BCUT2D eigenvalue weighted by molar-refractivity contribution is -0.274. The molecule has 3 rings (SSSR count). The van der Waals surface area contributed by atoms with E-state index >= 15 is 0 Å². The number of fused-ring (bicyclic) bond motifs is 1. The minimum absolute atomic E-state index is 0.319. The van der Waals surface area contributed by atoms with Crippen LogP contribution in [0.5, 0.6) is 5.75 Å². The molecule has 0 spiro atoms. The first kappa shape index (κ1) is 19.4. The molecule has 0 radical (unpaired) electrons. The second-order valence-corrected chi connectivity index (χ2v) is 6.15. The highest BCUT2D eigenvalue weighted by Crippen LogP contribution is 2.24. The monoisotopic (exact) mass is 395 g/mol. The molecular formula is C17H16F3N5O3. The Morgan fingerprint density at radius 1 is 1.29 bits per heavy atom. The molecule has 8 nitrogen and oxygen atoms in total. The van der Waals surface area contributed by atoms with Crippen LogP contribution in [0.1, 0.15) is 24.1 Å². The highest BCUT2D eigenvalue weighted by Gasteiger charge is 2.31. The average Bonchev–Trinajstić information content (AvgIpc) is 2.89. The van der Waals surface area contributed by atoms with Crippen molar-refractivity contribution in [2.24, 2.45) is 0 Å². The number of carbonyl (C=O) groups excluding carboxylic acids is 1. The van der Waals surface area contributed by atoms with Crippen LogP contribution in [0.15, 0.2) is 41.3 Å². The van der Waals surface area contributed by atoms with Crippen molar-refractivity contribution in [1.82, 2.24) is 24.7 Å². The van der Waals surface area contributed by atoms with E-state index in [2.05, 4.69) is 20.3 Å². The Labute approximate surface area is 156 Å². The number of carbonyl (C=O) groups is 1. The summed E-state index contributed by atoms with van der Waals surface area (Å²) < 4.78 is 42.5. The molecule has 1 amide bonds. The third kappa shape index (κ3) is 4.48. The number of nitrogens with zero attached hydrogens (tertiary/aromatic N) is 4. The third-order valence-corrected chi connectivity index (χ3v) is 3.86. The van der Waals surface area contributed by atoms with Crippen LogP contribution in [-0.4, -0.2) is 31.7 Å². The highest BCUT2D eigenvalue weighted by molar-refractivity contribution is 5.76. The summed E-state index contributed by atoms with van der Waals surface area (Å²) >= 11 is 0. The SMILES string of the molecule is Cc1cnn2c(=O)n(CC(=O)N[C@@H](C)c3ccc(OC(F)(F)F)cc3)nc2c1. The zero-order valence-electron chi connectivity index (χ0n) is 14.9. The Kier molecular flexibility index (Phi) is 5.08. The van der Waals surface area contributed by atoms with Gasteiger partial charge in [0, 0.05) is 0 Å². The summed E-state index contributed by atoms with van der Waals surface area (Å²) in [6.45, 7) is 3.14. The van der Waals surface area contributed by atoms with Crippen LogP contribution in [0.2, 0.25) is 0 Å². The first-order chi connectivity index (χ1) is 13.1. The van der Waals surface area contributed by atoms with Crippen molar-refractivity contribution in [2.45, 2.75) is 32.8 Å². The van der Waals surface area contributed by atoms with Gasteiger partial charge in [-0.15, -0.1) is 18.3 Å². The third-order valence-electron chi connectivity index (χ3n) is 3.86. The molecule has 0 aliphatic rings. The van der Waals surface area contributed by atoms with E-state index in [4.69, 9.17) is 0 Å². The van der Waals surface area contributed by atoms with E-state index in [0.717, 1.165) is 26.9 Å². The molecular weight excluding hydrogens is 379 g/mol. The Balaban J connectivity index is 1.66. The summed E-state index contributed by atoms with van der Waals surface area (Å²) in [4.78, 5) is 24.4. The van der Waals surface area contributed by atoms with Gasteiger partial charge in [-0.3, -0.25) is 4.79 Å².